The van der Waals surface area contributed by atoms with Crippen LogP contribution < -0.4 is 10.6 Å². The van der Waals surface area contributed by atoms with Crippen molar-refractivity contribution in [2.75, 3.05) is 10.6 Å². The van der Waals surface area contributed by atoms with Crippen molar-refractivity contribution in [1.29, 1.82) is 0 Å². The number of amides is 1. The number of nitrogens with zero attached hydrogens (tertiary/aromatic N) is 1. The van der Waals surface area contributed by atoms with Crippen LogP contribution in [0.1, 0.15) is 19.4 Å². The fourth-order valence-electron chi connectivity index (χ4n) is 1.84. The molecule has 114 valence electrons. The molecule has 0 aliphatic rings. The van der Waals surface area contributed by atoms with Crippen LogP contribution in [0.25, 0.3) is 0 Å². The summed E-state index contributed by atoms with van der Waals surface area (Å²) in [5, 5.41) is 5.76. The first-order valence-corrected chi connectivity index (χ1v) is 6.94. The number of carbonyl (C=O) groups excluding carboxylic acids is 1. The standard InChI is InChI=1S/C17H18FN3O/c1-12(2)9-17(22)21-14-7-8-16(20-11-14)19-10-13-5-3-4-6-15(13)18/h3-9,11H,10H2,1-2H3,(H,19,20)(H,21,22). The Morgan fingerprint density at radius 2 is 2.00 bits per heavy atom. The predicted molar refractivity (Wildman–Crippen MR) is 86.0 cm³/mol. The largest absolute Gasteiger partial charge is 0.366 e. The minimum absolute atomic E-state index is 0.186. The summed E-state index contributed by atoms with van der Waals surface area (Å²) in [6, 6.07) is 10.1. The summed E-state index contributed by atoms with van der Waals surface area (Å²) in [6.45, 7) is 4.06. The summed E-state index contributed by atoms with van der Waals surface area (Å²) in [6.07, 6.45) is 3.07. The second kappa shape index (κ2) is 7.36. The minimum atomic E-state index is -0.249. The summed E-state index contributed by atoms with van der Waals surface area (Å²) in [5.74, 6) is 0.179. The summed E-state index contributed by atoms with van der Waals surface area (Å²) in [5.41, 5.74) is 2.11. The normalized spacial score (nSPS) is 9.95. The average Bonchev–Trinajstić information content (AvgIpc) is 2.47. The first-order valence-electron chi connectivity index (χ1n) is 6.94. The molecule has 0 aliphatic heterocycles. The van der Waals surface area contributed by atoms with Crippen LogP contribution in [0.5, 0.6) is 0 Å². The number of anilines is 2. The first kappa shape index (κ1) is 15.7. The molecule has 0 saturated heterocycles. The number of hydrogen-bond acceptors (Lipinski definition) is 3. The number of carbonyl (C=O) groups is 1. The summed E-state index contributed by atoms with van der Waals surface area (Å²) >= 11 is 0. The van der Waals surface area contributed by atoms with Crippen molar-refractivity contribution in [3.05, 3.63) is 65.6 Å². The van der Waals surface area contributed by atoms with E-state index in [9.17, 15) is 9.18 Å². The topological polar surface area (TPSA) is 54.0 Å². The number of rotatable bonds is 5. The molecule has 1 aromatic carbocycles. The molecular weight excluding hydrogens is 281 g/mol. The maximum atomic E-state index is 13.5. The molecule has 22 heavy (non-hydrogen) atoms. The lowest BCUT2D eigenvalue weighted by Gasteiger charge is -2.08. The molecule has 1 amide bonds. The van der Waals surface area contributed by atoms with E-state index in [1.54, 1.807) is 36.5 Å². The Kier molecular flexibility index (Phi) is 5.25. The number of aromatic nitrogens is 1. The van der Waals surface area contributed by atoms with Gasteiger partial charge >= 0.3 is 0 Å². The van der Waals surface area contributed by atoms with Gasteiger partial charge < -0.3 is 10.6 Å². The van der Waals surface area contributed by atoms with Crippen LogP contribution in [0.15, 0.2) is 54.2 Å². The highest BCUT2D eigenvalue weighted by atomic mass is 19.1. The first-order chi connectivity index (χ1) is 10.5. The molecule has 1 heterocycles. The van der Waals surface area contributed by atoms with Crippen LogP contribution in [0.2, 0.25) is 0 Å². The van der Waals surface area contributed by atoms with E-state index in [-0.39, 0.29) is 11.7 Å². The van der Waals surface area contributed by atoms with Crippen molar-refractivity contribution >= 4 is 17.4 Å². The van der Waals surface area contributed by atoms with Gasteiger partial charge in [0.1, 0.15) is 11.6 Å². The molecule has 2 aromatic rings. The predicted octanol–water partition coefficient (Wildman–Crippen LogP) is 3.74. The van der Waals surface area contributed by atoms with Gasteiger partial charge in [0.2, 0.25) is 5.91 Å². The van der Waals surface area contributed by atoms with Crippen LogP contribution in [-0.4, -0.2) is 10.9 Å². The SMILES string of the molecule is CC(C)=CC(=O)Nc1ccc(NCc2ccccc2F)nc1. The van der Waals surface area contributed by atoms with Gasteiger partial charge in [0, 0.05) is 18.2 Å². The Balaban J connectivity index is 1.93. The number of allylic oxidation sites excluding steroid dienone is 1. The van der Waals surface area contributed by atoms with Crippen molar-refractivity contribution in [3.63, 3.8) is 0 Å². The van der Waals surface area contributed by atoms with Crippen molar-refractivity contribution in [1.82, 2.24) is 4.98 Å². The van der Waals surface area contributed by atoms with Crippen molar-refractivity contribution in [2.45, 2.75) is 20.4 Å². The quantitative estimate of drug-likeness (QED) is 0.827. The molecule has 0 saturated carbocycles. The third kappa shape index (κ3) is 4.70. The number of benzene rings is 1. The molecule has 4 nitrogen and oxygen atoms in total. The third-order valence-corrected chi connectivity index (χ3v) is 2.87. The number of pyridine rings is 1. The van der Waals surface area contributed by atoms with Crippen LogP contribution in [-0.2, 0) is 11.3 Å². The van der Waals surface area contributed by atoms with E-state index in [0.29, 0.717) is 23.6 Å². The summed E-state index contributed by atoms with van der Waals surface area (Å²) < 4.78 is 13.5. The average molecular weight is 299 g/mol. The Labute approximate surface area is 129 Å². The van der Waals surface area contributed by atoms with Gasteiger partial charge in [-0.25, -0.2) is 9.37 Å². The highest BCUT2D eigenvalue weighted by molar-refractivity contribution is 5.99. The highest BCUT2D eigenvalue weighted by Gasteiger charge is 2.02. The van der Waals surface area contributed by atoms with Gasteiger partial charge in [-0.15, -0.1) is 0 Å². The second-order valence-electron chi connectivity index (χ2n) is 5.09. The molecule has 0 radical (unpaired) electrons. The van der Waals surface area contributed by atoms with Gasteiger partial charge in [0.15, 0.2) is 0 Å². The zero-order chi connectivity index (χ0) is 15.9. The lowest BCUT2D eigenvalue weighted by atomic mass is 10.2. The maximum Gasteiger partial charge on any atom is 0.248 e. The van der Waals surface area contributed by atoms with E-state index in [4.69, 9.17) is 0 Å². The van der Waals surface area contributed by atoms with Crippen molar-refractivity contribution in [2.24, 2.45) is 0 Å². The molecule has 0 fully saturated rings. The molecule has 2 N–H and O–H groups in total. The van der Waals surface area contributed by atoms with Gasteiger partial charge in [0.25, 0.3) is 0 Å². The van der Waals surface area contributed by atoms with Crippen LogP contribution in [0.3, 0.4) is 0 Å². The van der Waals surface area contributed by atoms with Gasteiger partial charge in [-0.1, -0.05) is 23.8 Å². The van der Waals surface area contributed by atoms with Crippen molar-refractivity contribution in [3.8, 4) is 0 Å². The van der Waals surface area contributed by atoms with Gasteiger partial charge in [-0.3, -0.25) is 4.79 Å². The summed E-state index contributed by atoms with van der Waals surface area (Å²) in [7, 11) is 0. The van der Waals surface area contributed by atoms with Crippen LogP contribution in [0, 0.1) is 5.82 Å². The lowest BCUT2D eigenvalue weighted by Crippen LogP contribution is -2.09. The van der Waals surface area contributed by atoms with E-state index in [1.807, 2.05) is 13.8 Å². The van der Waals surface area contributed by atoms with E-state index >= 15 is 0 Å². The van der Waals surface area contributed by atoms with Gasteiger partial charge in [-0.2, -0.15) is 0 Å². The number of nitrogens with one attached hydrogen (secondary N) is 2. The molecule has 5 heteroatoms. The number of hydrogen-bond donors (Lipinski definition) is 2. The second-order valence-corrected chi connectivity index (χ2v) is 5.09. The molecule has 0 atom stereocenters. The molecule has 0 spiro atoms. The Bertz CT molecular complexity index is 677. The molecule has 2 rings (SSSR count). The summed E-state index contributed by atoms with van der Waals surface area (Å²) in [4.78, 5) is 15.8. The third-order valence-electron chi connectivity index (χ3n) is 2.87. The number of halogens is 1. The van der Waals surface area contributed by atoms with Crippen LogP contribution >= 0.6 is 0 Å². The zero-order valence-electron chi connectivity index (χ0n) is 12.6. The van der Waals surface area contributed by atoms with Crippen molar-refractivity contribution < 1.29 is 9.18 Å². The fourth-order valence-corrected chi connectivity index (χ4v) is 1.84. The van der Waals surface area contributed by atoms with E-state index in [2.05, 4.69) is 15.6 Å². The van der Waals surface area contributed by atoms with E-state index < -0.39 is 0 Å². The molecule has 0 bridgehead atoms. The Morgan fingerprint density at radius 1 is 1.23 bits per heavy atom. The fraction of sp³-hybridized carbons (Fsp3) is 0.176. The monoisotopic (exact) mass is 299 g/mol. The Morgan fingerprint density at radius 3 is 2.64 bits per heavy atom. The smallest absolute Gasteiger partial charge is 0.248 e. The van der Waals surface area contributed by atoms with E-state index in [1.165, 1.54) is 12.1 Å². The minimum Gasteiger partial charge on any atom is -0.366 e. The molecular formula is C17H18FN3O. The molecule has 0 aliphatic carbocycles. The van der Waals surface area contributed by atoms with E-state index in [0.717, 1.165) is 5.57 Å². The van der Waals surface area contributed by atoms with Gasteiger partial charge in [0.05, 0.1) is 11.9 Å². The highest BCUT2D eigenvalue weighted by Crippen LogP contribution is 2.12. The van der Waals surface area contributed by atoms with Gasteiger partial charge in [-0.05, 0) is 32.0 Å². The molecule has 0 unspecified atom stereocenters. The van der Waals surface area contributed by atoms with Crippen LogP contribution in [0.4, 0.5) is 15.9 Å². The molecule has 1 aromatic heterocycles. The Hall–Kier alpha value is -2.69. The maximum absolute atomic E-state index is 13.5. The lowest BCUT2D eigenvalue weighted by molar-refractivity contribution is -0.111. The zero-order valence-corrected chi connectivity index (χ0v) is 12.6.